The fourth-order valence-electron chi connectivity index (χ4n) is 2.07. The second-order valence-corrected chi connectivity index (χ2v) is 5.61. The molecule has 1 heterocycles. The summed E-state index contributed by atoms with van der Waals surface area (Å²) in [5.74, 6) is 7.95. The normalized spacial score (nSPS) is 11.3. The van der Waals surface area contributed by atoms with E-state index in [9.17, 15) is 4.79 Å². The predicted molar refractivity (Wildman–Crippen MR) is 95.8 cm³/mol. The standard InChI is InChI=1S/C19H16ClNO5/c20-14-3-5-15(6-4-14)24-12-19(22)21-9-1-2-10-23-16-7-8-17-18(11-16)26-13-25-17/h3-8,11H,9-10,12-13H2,(H,21,22). The molecule has 0 aromatic heterocycles. The van der Waals surface area contributed by atoms with Crippen molar-refractivity contribution in [1.82, 2.24) is 5.32 Å². The highest BCUT2D eigenvalue weighted by Crippen LogP contribution is 2.34. The van der Waals surface area contributed by atoms with Gasteiger partial charge in [-0.3, -0.25) is 4.79 Å². The van der Waals surface area contributed by atoms with Gasteiger partial charge in [-0.15, -0.1) is 0 Å². The average molecular weight is 374 g/mol. The van der Waals surface area contributed by atoms with Crippen LogP contribution in [-0.2, 0) is 4.79 Å². The molecule has 0 unspecified atom stereocenters. The molecular weight excluding hydrogens is 358 g/mol. The largest absolute Gasteiger partial charge is 0.484 e. The molecule has 26 heavy (non-hydrogen) atoms. The molecule has 0 aliphatic carbocycles. The molecule has 0 atom stereocenters. The Labute approximate surface area is 156 Å². The van der Waals surface area contributed by atoms with E-state index in [2.05, 4.69) is 17.2 Å². The van der Waals surface area contributed by atoms with Gasteiger partial charge in [0.15, 0.2) is 18.1 Å². The highest BCUT2D eigenvalue weighted by atomic mass is 35.5. The molecule has 1 N–H and O–H groups in total. The van der Waals surface area contributed by atoms with E-state index in [1.165, 1.54) is 0 Å². The molecule has 2 aromatic carbocycles. The Bertz CT molecular complexity index is 826. The number of fused-ring (bicyclic) bond motifs is 1. The van der Waals surface area contributed by atoms with Gasteiger partial charge in [0, 0.05) is 11.1 Å². The molecule has 0 saturated carbocycles. The third-order valence-corrected chi connectivity index (χ3v) is 3.59. The van der Waals surface area contributed by atoms with Crippen LogP contribution in [0.4, 0.5) is 0 Å². The van der Waals surface area contributed by atoms with Crippen molar-refractivity contribution >= 4 is 17.5 Å². The number of benzene rings is 2. The summed E-state index contributed by atoms with van der Waals surface area (Å²) < 4.78 is 21.3. The zero-order valence-electron chi connectivity index (χ0n) is 13.8. The topological polar surface area (TPSA) is 66.0 Å². The molecule has 1 amide bonds. The quantitative estimate of drug-likeness (QED) is 0.788. The van der Waals surface area contributed by atoms with Crippen LogP contribution in [0.3, 0.4) is 0 Å². The fraction of sp³-hybridized carbons (Fsp3) is 0.211. The van der Waals surface area contributed by atoms with Crippen LogP contribution in [0, 0.1) is 11.8 Å². The number of hydrogen-bond acceptors (Lipinski definition) is 5. The van der Waals surface area contributed by atoms with Crippen LogP contribution in [0.5, 0.6) is 23.0 Å². The first kappa shape index (κ1) is 17.8. The van der Waals surface area contributed by atoms with Gasteiger partial charge in [-0.05, 0) is 36.4 Å². The van der Waals surface area contributed by atoms with Gasteiger partial charge in [0.1, 0.15) is 18.1 Å². The summed E-state index contributed by atoms with van der Waals surface area (Å²) in [6, 6.07) is 12.1. The van der Waals surface area contributed by atoms with Crippen molar-refractivity contribution in [3.8, 4) is 34.8 Å². The maximum absolute atomic E-state index is 11.7. The number of halogens is 1. The Morgan fingerprint density at radius 3 is 2.65 bits per heavy atom. The molecule has 7 heteroatoms. The number of nitrogens with one attached hydrogen (secondary N) is 1. The predicted octanol–water partition coefficient (Wildman–Crippen LogP) is 2.65. The SMILES string of the molecule is O=C(COc1ccc(Cl)cc1)NCC#CCOc1ccc2c(c1)OCO2. The van der Waals surface area contributed by atoms with E-state index in [1.807, 2.05) is 0 Å². The molecule has 0 fully saturated rings. The van der Waals surface area contributed by atoms with Gasteiger partial charge in [0.25, 0.3) is 5.91 Å². The van der Waals surface area contributed by atoms with E-state index in [0.717, 1.165) is 0 Å². The molecule has 1 aliphatic heterocycles. The van der Waals surface area contributed by atoms with Crippen LogP contribution >= 0.6 is 11.6 Å². The highest BCUT2D eigenvalue weighted by Gasteiger charge is 2.13. The van der Waals surface area contributed by atoms with Crippen molar-refractivity contribution in [2.45, 2.75) is 0 Å². The van der Waals surface area contributed by atoms with E-state index >= 15 is 0 Å². The summed E-state index contributed by atoms with van der Waals surface area (Å²) in [6.07, 6.45) is 0. The maximum atomic E-state index is 11.7. The summed E-state index contributed by atoms with van der Waals surface area (Å²) in [4.78, 5) is 11.7. The Kier molecular flexibility index (Phi) is 6.07. The molecule has 0 saturated heterocycles. The first-order valence-electron chi connectivity index (χ1n) is 7.84. The Hall–Kier alpha value is -3.04. The molecule has 6 nitrogen and oxygen atoms in total. The molecule has 3 rings (SSSR count). The minimum Gasteiger partial charge on any atom is -0.484 e. The van der Waals surface area contributed by atoms with Gasteiger partial charge in [0.05, 0.1) is 6.54 Å². The molecule has 134 valence electrons. The monoisotopic (exact) mass is 373 g/mol. The first-order valence-corrected chi connectivity index (χ1v) is 8.22. The van der Waals surface area contributed by atoms with Crippen LogP contribution in [0.2, 0.25) is 5.02 Å². The lowest BCUT2D eigenvalue weighted by atomic mass is 10.3. The third-order valence-electron chi connectivity index (χ3n) is 3.34. The molecule has 0 spiro atoms. The number of hydrogen-bond donors (Lipinski definition) is 1. The van der Waals surface area contributed by atoms with Gasteiger partial charge in [0.2, 0.25) is 6.79 Å². The van der Waals surface area contributed by atoms with Crippen LogP contribution in [0.1, 0.15) is 0 Å². The molecule has 1 aliphatic rings. The zero-order valence-corrected chi connectivity index (χ0v) is 14.5. The summed E-state index contributed by atoms with van der Waals surface area (Å²) in [5.41, 5.74) is 0. The summed E-state index contributed by atoms with van der Waals surface area (Å²) >= 11 is 5.78. The van der Waals surface area contributed by atoms with E-state index in [-0.39, 0.29) is 32.5 Å². The van der Waals surface area contributed by atoms with Gasteiger partial charge in [-0.25, -0.2) is 0 Å². The smallest absolute Gasteiger partial charge is 0.258 e. The first-order chi connectivity index (χ1) is 12.7. The van der Waals surface area contributed by atoms with Gasteiger partial charge in [-0.2, -0.15) is 0 Å². The van der Waals surface area contributed by atoms with E-state index in [1.54, 1.807) is 42.5 Å². The summed E-state index contributed by atoms with van der Waals surface area (Å²) in [5, 5.41) is 3.25. The highest BCUT2D eigenvalue weighted by molar-refractivity contribution is 6.30. The van der Waals surface area contributed by atoms with Gasteiger partial charge >= 0.3 is 0 Å². The molecule has 2 aromatic rings. The molecular formula is C19H16ClNO5. The lowest BCUT2D eigenvalue weighted by Gasteiger charge is -2.05. The molecule has 0 bridgehead atoms. The zero-order chi connectivity index (χ0) is 18.2. The number of amides is 1. The number of ether oxygens (including phenoxy) is 4. The Balaban J connectivity index is 1.32. The van der Waals surface area contributed by atoms with E-state index < -0.39 is 0 Å². The van der Waals surface area contributed by atoms with E-state index in [0.29, 0.717) is 28.0 Å². The van der Waals surface area contributed by atoms with E-state index in [4.69, 9.17) is 30.5 Å². The van der Waals surface area contributed by atoms with Crippen LogP contribution in [0.25, 0.3) is 0 Å². The average Bonchev–Trinajstić information content (AvgIpc) is 3.12. The van der Waals surface area contributed by atoms with Crippen molar-refractivity contribution in [2.24, 2.45) is 0 Å². The summed E-state index contributed by atoms with van der Waals surface area (Å²) in [7, 11) is 0. The maximum Gasteiger partial charge on any atom is 0.258 e. The lowest BCUT2D eigenvalue weighted by molar-refractivity contribution is -0.122. The number of carbonyl (C=O) groups is 1. The van der Waals surface area contributed by atoms with Crippen molar-refractivity contribution in [3.05, 3.63) is 47.5 Å². The Morgan fingerprint density at radius 2 is 1.81 bits per heavy atom. The number of rotatable bonds is 6. The van der Waals surface area contributed by atoms with Gasteiger partial charge < -0.3 is 24.3 Å². The minimum atomic E-state index is -0.258. The van der Waals surface area contributed by atoms with Crippen molar-refractivity contribution in [1.29, 1.82) is 0 Å². The third kappa shape index (κ3) is 5.23. The van der Waals surface area contributed by atoms with Crippen LogP contribution in [-0.4, -0.2) is 32.5 Å². The van der Waals surface area contributed by atoms with Crippen molar-refractivity contribution in [2.75, 3.05) is 26.6 Å². The Morgan fingerprint density at radius 1 is 1.04 bits per heavy atom. The van der Waals surface area contributed by atoms with Crippen molar-refractivity contribution in [3.63, 3.8) is 0 Å². The number of carbonyl (C=O) groups excluding carboxylic acids is 1. The van der Waals surface area contributed by atoms with Gasteiger partial charge in [-0.1, -0.05) is 23.4 Å². The minimum absolute atomic E-state index is 0.0863. The lowest BCUT2D eigenvalue weighted by Crippen LogP contribution is -2.29. The van der Waals surface area contributed by atoms with Crippen molar-refractivity contribution < 1.29 is 23.7 Å². The second kappa shape index (κ2) is 8.88. The fourth-order valence-corrected chi connectivity index (χ4v) is 2.20. The molecule has 0 radical (unpaired) electrons. The van der Waals surface area contributed by atoms with Crippen LogP contribution < -0.4 is 24.3 Å². The summed E-state index contributed by atoms with van der Waals surface area (Å²) in [6.45, 7) is 0.557. The second-order valence-electron chi connectivity index (χ2n) is 5.18. The van der Waals surface area contributed by atoms with Crippen LogP contribution in [0.15, 0.2) is 42.5 Å².